The van der Waals surface area contributed by atoms with Crippen LogP contribution in [0.2, 0.25) is 5.02 Å². The average Bonchev–Trinajstić information content (AvgIpc) is 2.99. The van der Waals surface area contributed by atoms with Gasteiger partial charge in [0.15, 0.2) is 11.5 Å². The quantitative estimate of drug-likeness (QED) is 0.652. The molecule has 0 fully saturated rings. The van der Waals surface area contributed by atoms with Gasteiger partial charge < -0.3 is 14.4 Å². The van der Waals surface area contributed by atoms with Crippen molar-refractivity contribution in [2.24, 2.45) is 0 Å². The van der Waals surface area contributed by atoms with Crippen LogP contribution in [0.5, 0.6) is 11.5 Å². The first-order valence-electron chi connectivity index (χ1n) is 9.41. The van der Waals surface area contributed by atoms with Gasteiger partial charge in [0.1, 0.15) is 13.2 Å². The molecular weight excluding hydrogens is 390 g/mol. The van der Waals surface area contributed by atoms with Crippen molar-refractivity contribution in [3.05, 3.63) is 64.9 Å². The van der Waals surface area contributed by atoms with Gasteiger partial charge in [-0.25, -0.2) is 0 Å². The maximum atomic E-state index is 12.9. The summed E-state index contributed by atoms with van der Waals surface area (Å²) >= 11 is 6.17. The molecule has 4 rings (SSSR count). The number of aromatic nitrogens is 2. The van der Waals surface area contributed by atoms with Gasteiger partial charge in [0.2, 0.25) is 5.91 Å². The summed E-state index contributed by atoms with van der Waals surface area (Å²) in [5.41, 5.74) is 3.80. The lowest BCUT2D eigenvalue weighted by molar-refractivity contribution is -0.132. The molecule has 0 saturated heterocycles. The minimum atomic E-state index is 0.000348. The number of ether oxygens (including phenoxy) is 2. The molecule has 3 aromatic rings. The number of amides is 1. The molecular formula is C22H22ClN3O3. The Hall–Kier alpha value is -2.99. The lowest BCUT2D eigenvalue weighted by Crippen LogP contribution is -2.35. The number of fused-ring (bicyclic) bond motifs is 1. The molecule has 29 heavy (non-hydrogen) atoms. The van der Waals surface area contributed by atoms with Gasteiger partial charge in [0.25, 0.3) is 0 Å². The van der Waals surface area contributed by atoms with Crippen LogP contribution in [0.25, 0.3) is 11.1 Å². The highest BCUT2D eigenvalue weighted by Gasteiger charge is 2.24. The fraction of sp³-hybridized carbons (Fsp3) is 0.273. The normalized spacial score (nSPS) is 13.4. The van der Waals surface area contributed by atoms with Crippen molar-refractivity contribution in [1.82, 2.24) is 14.7 Å². The second kappa shape index (κ2) is 8.17. The molecule has 1 amide bonds. The van der Waals surface area contributed by atoms with Crippen molar-refractivity contribution >= 4 is 17.5 Å². The summed E-state index contributed by atoms with van der Waals surface area (Å²) in [4.78, 5) is 14.7. The third kappa shape index (κ3) is 4.07. The number of benzene rings is 2. The van der Waals surface area contributed by atoms with Gasteiger partial charge in [-0.05, 0) is 48.4 Å². The molecule has 0 saturated carbocycles. The Bertz CT molecular complexity index is 1050. The first kappa shape index (κ1) is 19.3. The maximum Gasteiger partial charge on any atom is 0.244 e. The minimum absolute atomic E-state index is 0.000348. The van der Waals surface area contributed by atoms with Crippen molar-refractivity contribution < 1.29 is 14.3 Å². The van der Waals surface area contributed by atoms with Gasteiger partial charge in [-0.15, -0.1) is 0 Å². The van der Waals surface area contributed by atoms with Gasteiger partial charge >= 0.3 is 0 Å². The van der Waals surface area contributed by atoms with E-state index in [0.29, 0.717) is 36.2 Å². The van der Waals surface area contributed by atoms with Crippen molar-refractivity contribution in [3.63, 3.8) is 0 Å². The first-order valence-corrected chi connectivity index (χ1v) is 9.79. The van der Waals surface area contributed by atoms with E-state index in [1.165, 1.54) is 0 Å². The van der Waals surface area contributed by atoms with E-state index >= 15 is 0 Å². The number of hydrogen-bond acceptors (Lipinski definition) is 4. The molecule has 2 heterocycles. The Balaban J connectivity index is 1.66. The standard InChI is InChI=1S/C22H22ClN3O3/c1-15-6-7-24-26(15)14-21(27)25-8-9-29-22-18(13-25)10-17(12-20(22)28-2)16-4-3-5-19(23)11-16/h3-7,10-12H,8-9,13-14H2,1-2H3. The van der Waals surface area contributed by atoms with Crippen LogP contribution in [0, 0.1) is 6.92 Å². The van der Waals surface area contributed by atoms with Crippen LogP contribution in [0.3, 0.4) is 0 Å². The number of carbonyl (C=O) groups excluding carboxylic acids is 1. The topological polar surface area (TPSA) is 56.6 Å². The summed E-state index contributed by atoms with van der Waals surface area (Å²) in [5.74, 6) is 1.33. The Morgan fingerprint density at radius 2 is 2.10 bits per heavy atom. The van der Waals surface area contributed by atoms with Crippen molar-refractivity contribution in [2.45, 2.75) is 20.0 Å². The molecule has 1 aromatic heterocycles. The molecule has 0 atom stereocenters. The van der Waals surface area contributed by atoms with Crippen LogP contribution in [0.15, 0.2) is 48.7 Å². The van der Waals surface area contributed by atoms with E-state index in [1.807, 2.05) is 49.4 Å². The predicted molar refractivity (Wildman–Crippen MR) is 111 cm³/mol. The number of methoxy groups -OCH3 is 1. The summed E-state index contributed by atoms with van der Waals surface area (Å²) in [7, 11) is 1.62. The number of rotatable bonds is 4. The molecule has 0 spiro atoms. The van der Waals surface area contributed by atoms with Gasteiger partial charge in [-0.1, -0.05) is 23.7 Å². The summed E-state index contributed by atoms with van der Waals surface area (Å²) in [6.45, 7) is 3.50. The average molecular weight is 412 g/mol. The third-order valence-corrected chi connectivity index (χ3v) is 5.28. The molecule has 0 aliphatic carbocycles. The van der Waals surface area contributed by atoms with E-state index in [4.69, 9.17) is 21.1 Å². The first-order chi connectivity index (χ1) is 14.0. The number of halogens is 1. The van der Waals surface area contributed by atoms with Gasteiger partial charge in [0.05, 0.1) is 13.7 Å². The van der Waals surface area contributed by atoms with Gasteiger partial charge in [-0.3, -0.25) is 9.48 Å². The second-order valence-electron chi connectivity index (χ2n) is 6.97. The molecule has 6 nitrogen and oxygen atoms in total. The Morgan fingerprint density at radius 3 is 2.83 bits per heavy atom. The fourth-order valence-corrected chi connectivity index (χ4v) is 3.67. The van der Waals surface area contributed by atoms with Crippen LogP contribution in [-0.4, -0.2) is 40.8 Å². The molecule has 2 aromatic carbocycles. The zero-order valence-corrected chi connectivity index (χ0v) is 17.1. The Kier molecular flexibility index (Phi) is 5.45. The van der Waals surface area contributed by atoms with E-state index in [-0.39, 0.29) is 12.5 Å². The highest BCUT2D eigenvalue weighted by Crippen LogP contribution is 2.38. The lowest BCUT2D eigenvalue weighted by atomic mass is 10.0. The maximum absolute atomic E-state index is 12.9. The zero-order chi connectivity index (χ0) is 20.4. The number of nitrogens with zero attached hydrogens (tertiary/aromatic N) is 3. The summed E-state index contributed by atoms with van der Waals surface area (Å²) in [6.07, 6.45) is 1.70. The van der Waals surface area contributed by atoms with E-state index in [1.54, 1.807) is 22.9 Å². The molecule has 0 radical (unpaired) electrons. The molecule has 150 valence electrons. The molecule has 7 heteroatoms. The predicted octanol–water partition coefficient (Wildman–Crippen LogP) is 3.94. The summed E-state index contributed by atoms with van der Waals surface area (Å²) < 4.78 is 13.2. The Labute approximate surface area is 174 Å². The molecule has 1 aliphatic rings. The number of hydrogen-bond donors (Lipinski definition) is 0. The highest BCUT2D eigenvalue weighted by atomic mass is 35.5. The molecule has 0 N–H and O–H groups in total. The summed E-state index contributed by atoms with van der Waals surface area (Å²) in [6, 6.07) is 13.5. The van der Waals surface area contributed by atoms with Gasteiger partial charge in [0, 0.05) is 29.0 Å². The number of aryl methyl sites for hydroxylation is 1. The fourth-order valence-electron chi connectivity index (χ4n) is 3.48. The van der Waals surface area contributed by atoms with Crippen LogP contribution in [0.4, 0.5) is 0 Å². The van der Waals surface area contributed by atoms with E-state index in [0.717, 1.165) is 22.4 Å². The van der Waals surface area contributed by atoms with Crippen molar-refractivity contribution in [2.75, 3.05) is 20.3 Å². The van der Waals surface area contributed by atoms with E-state index in [2.05, 4.69) is 5.10 Å². The largest absolute Gasteiger partial charge is 0.493 e. The van der Waals surface area contributed by atoms with Crippen LogP contribution >= 0.6 is 11.6 Å². The zero-order valence-electron chi connectivity index (χ0n) is 16.4. The van der Waals surface area contributed by atoms with Crippen LogP contribution in [-0.2, 0) is 17.9 Å². The van der Waals surface area contributed by atoms with Gasteiger partial charge in [-0.2, -0.15) is 5.10 Å². The van der Waals surface area contributed by atoms with Crippen molar-refractivity contribution in [3.8, 4) is 22.6 Å². The second-order valence-corrected chi connectivity index (χ2v) is 7.41. The summed E-state index contributed by atoms with van der Waals surface area (Å²) in [5, 5.41) is 4.88. The highest BCUT2D eigenvalue weighted by molar-refractivity contribution is 6.30. The SMILES string of the molecule is COc1cc(-c2cccc(Cl)c2)cc2c1OCCN(C(=O)Cn1nccc1C)C2. The minimum Gasteiger partial charge on any atom is -0.493 e. The molecule has 1 aliphatic heterocycles. The van der Waals surface area contributed by atoms with Crippen LogP contribution < -0.4 is 9.47 Å². The Morgan fingerprint density at radius 1 is 1.24 bits per heavy atom. The third-order valence-electron chi connectivity index (χ3n) is 5.05. The monoisotopic (exact) mass is 411 g/mol. The molecule has 0 bridgehead atoms. The lowest BCUT2D eigenvalue weighted by Gasteiger charge is -2.20. The van der Waals surface area contributed by atoms with Crippen LogP contribution in [0.1, 0.15) is 11.3 Å². The molecule has 0 unspecified atom stereocenters. The smallest absolute Gasteiger partial charge is 0.244 e. The number of carbonyl (C=O) groups is 1. The van der Waals surface area contributed by atoms with Crippen molar-refractivity contribution in [1.29, 1.82) is 0 Å². The van der Waals surface area contributed by atoms with E-state index in [9.17, 15) is 4.79 Å². The van der Waals surface area contributed by atoms with E-state index < -0.39 is 0 Å².